The summed E-state index contributed by atoms with van der Waals surface area (Å²) < 4.78 is 13.7. The van der Waals surface area contributed by atoms with Gasteiger partial charge in [-0.3, -0.25) is 4.79 Å². The van der Waals surface area contributed by atoms with Crippen molar-refractivity contribution in [3.8, 4) is 0 Å². The van der Waals surface area contributed by atoms with E-state index in [1.165, 1.54) is 18.2 Å². The second-order valence-electron chi connectivity index (χ2n) is 4.13. The van der Waals surface area contributed by atoms with E-state index >= 15 is 0 Å². The fourth-order valence-electron chi connectivity index (χ4n) is 1.82. The van der Waals surface area contributed by atoms with E-state index in [4.69, 9.17) is 11.6 Å². The van der Waals surface area contributed by atoms with Crippen LogP contribution in [0, 0.1) is 5.82 Å². The normalized spacial score (nSPS) is 10.2. The lowest BCUT2D eigenvalue weighted by atomic mass is 10.1. The molecule has 5 heteroatoms. The molecule has 2 aromatic carbocycles. The van der Waals surface area contributed by atoms with E-state index in [0.29, 0.717) is 17.8 Å². The molecule has 2 N–H and O–H groups in total. The quantitative estimate of drug-likeness (QED) is 0.888. The molecule has 0 spiro atoms. The second kappa shape index (κ2) is 6.39. The molecule has 1 amide bonds. The van der Waals surface area contributed by atoms with Gasteiger partial charge in [-0.2, -0.15) is 0 Å². The third kappa shape index (κ3) is 3.08. The van der Waals surface area contributed by atoms with Crippen molar-refractivity contribution in [2.24, 2.45) is 0 Å². The molecule has 2 aromatic rings. The highest BCUT2D eigenvalue weighted by Crippen LogP contribution is 2.26. The minimum atomic E-state index is -0.563. The van der Waals surface area contributed by atoms with Gasteiger partial charge in [-0.1, -0.05) is 29.8 Å². The van der Waals surface area contributed by atoms with E-state index in [1.54, 1.807) is 18.2 Å². The maximum absolute atomic E-state index is 13.7. The predicted octanol–water partition coefficient (Wildman–Crippen LogP) is 4.16. The summed E-state index contributed by atoms with van der Waals surface area (Å²) in [6, 6.07) is 11.3. The van der Waals surface area contributed by atoms with Crippen molar-refractivity contribution in [3.05, 3.63) is 58.9 Å². The zero-order valence-corrected chi connectivity index (χ0v) is 11.7. The van der Waals surface area contributed by atoms with Crippen molar-refractivity contribution >= 4 is 28.9 Å². The van der Waals surface area contributed by atoms with Crippen LogP contribution in [0.3, 0.4) is 0 Å². The maximum atomic E-state index is 13.7. The molecular formula is C15H14ClFN2O. The number of anilines is 2. The van der Waals surface area contributed by atoms with Gasteiger partial charge in [0.25, 0.3) is 5.91 Å². The molecule has 0 bridgehead atoms. The Kier molecular flexibility index (Phi) is 4.58. The topological polar surface area (TPSA) is 41.1 Å². The first-order chi connectivity index (χ1) is 9.63. The fraction of sp³-hybridized carbons (Fsp3) is 0.133. The second-order valence-corrected chi connectivity index (χ2v) is 4.53. The van der Waals surface area contributed by atoms with Crippen molar-refractivity contribution in [1.29, 1.82) is 0 Å². The van der Waals surface area contributed by atoms with Gasteiger partial charge in [0, 0.05) is 12.2 Å². The predicted molar refractivity (Wildman–Crippen MR) is 80.0 cm³/mol. The third-order valence-corrected chi connectivity index (χ3v) is 3.06. The van der Waals surface area contributed by atoms with Crippen molar-refractivity contribution < 1.29 is 9.18 Å². The molecule has 0 saturated carbocycles. The Balaban J connectivity index is 2.29. The number of carbonyl (C=O) groups excluding carboxylic acids is 1. The Morgan fingerprint density at radius 3 is 2.65 bits per heavy atom. The van der Waals surface area contributed by atoms with Gasteiger partial charge in [-0.15, -0.1) is 0 Å². The van der Waals surface area contributed by atoms with Crippen LogP contribution in [0.15, 0.2) is 42.5 Å². The Labute approximate surface area is 121 Å². The van der Waals surface area contributed by atoms with E-state index in [2.05, 4.69) is 10.6 Å². The molecule has 0 unspecified atom stereocenters. The average molecular weight is 293 g/mol. The van der Waals surface area contributed by atoms with Crippen molar-refractivity contribution in [1.82, 2.24) is 0 Å². The van der Waals surface area contributed by atoms with Crippen LogP contribution in [0.2, 0.25) is 5.02 Å². The summed E-state index contributed by atoms with van der Waals surface area (Å²) in [7, 11) is 0. The number of para-hydroxylation sites is 2. The van der Waals surface area contributed by atoms with E-state index in [1.807, 2.05) is 13.0 Å². The zero-order valence-electron chi connectivity index (χ0n) is 10.9. The molecule has 0 radical (unpaired) electrons. The first-order valence-corrected chi connectivity index (χ1v) is 6.59. The summed E-state index contributed by atoms with van der Waals surface area (Å²) in [6.45, 7) is 2.62. The van der Waals surface area contributed by atoms with Crippen LogP contribution in [0.25, 0.3) is 0 Å². The molecule has 0 atom stereocenters. The number of carbonyl (C=O) groups is 1. The standard InChI is InChI=1S/C15H14ClFN2O/c1-2-18-13-9-4-3-6-10(13)15(20)19-14-11(16)7-5-8-12(14)17/h3-9,18H,2H2,1H3,(H,19,20). The number of rotatable bonds is 4. The Bertz CT molecular complexity index is 611. The largest absolute Gasteiger partial charge is 0.385 e. The molecule has 3 nitrogen and oxygen atoms in total. The van der Waals surface area contributed by atoms with E-state index in [-0.39, 0.29) is 10.7 Å². The monoisotopic (exact) mass is 292 g/mol. The van der Waals surface area contributed by atoms with Crippen molar-refractivity contribution in [2.45, 2.75) is 6.92 Å². The minimum Gasteiger partial charge on any atom is -0.385 e. The first-order valence-electron chi connectivity index (χ1n) is 6.21. The minimum absolute atomic E-state index is 0.00883. The summed E-state index contributed by atoms with van der Waals surface area (Å²) in [5.41, 5.74) is 1.12. The molecule has 0 aliphatic rings. The molecule has 104 valence electrons. The van der Waals surface area contributed by atoms with Crippen LogP contribution >= 0.6 is 11.6 Å². The maximum Gasteiger partial charge on any atom is 0.257 e. The van der Waals surface area contributed by atoms with Gasteiger partial charge in [-0.05, 0) is 31.2 Å². The Morgan fingerprint density at radius 1 is 1.20 bits per heavy atom. The van der Waals surface area contributed by atoms with E-state index in [0.717, 1.165) is 0 Å². The average Bonchev–Trinajstić information content (AvgIpc) is 2.44. The van der Waals surface area contributed by atoms with Gasteiger partial charge in [0.1, 0.15) is 5.82 Å². The van der Waals surface area contributed by atoms with Crippen LogP contribution < -0.4 is 10.6 Å². The molecule has 0 saturated heterocycles. The van der Waals surface area contributed by atoms with Gasteiger partial charge < -0.3 is 10.6 Å². The lowest BCUT2D eigenvalue weighted by Crippen LogP contribution is -2.15. The van der Waals surface area contributed by atoms with E-state index in [9.17, 15) is 9.18 Å². The van der Waals surface area contributed by atoms with Gasteiger partial charge in [0.2, 0.25) is 0 Å². The highest BCUT2D eigenvalue weighted by molar-refractivity contribution is 6.34. The summed E-state index contributed by atoms with van der Waals surface area (Å²) in [4.78, 5) is 12.2. The number of nitrogens with one attached hydrogen (secondary N) is 2. The van der Waals surface area contributed by atoms with Gasteiger partial charge in [0.15, 0.2) is 0 Å². The van der Waals surface area contributed by atoms with Crippen LogP contribution in [0.4, 0.5) is 15.8 Å². The summed E-state index contributed by atoms with van der Waals surface area (Å²) in [5, 5.41) is 5.76. The zero-order chi connectivity index (χ0) is 14.5. The van der Waals surface area contributed by atoms with Gasteiger partial charge in [0.05, 0.1) is 16.3 Å². The Hall–Kier alpha value is -2.07. The first kappa shape index (κ1) is 14.3. The van der Waals surface area contributed by atoms with Gasteiger partial charge in [-0.25, -0.2) is 4.39 Å². The smallest absolute Gasteiger partial charge is 0.257 e. The molecule has 0 aromatic heterocycles. The summed E-state index contributed by atoms with van der Waals surface area (Å²) >= 11 is 5.89. The van der Waals surface area contributed by atoms with Crippen LogP contribution in [0.5, 0.6) is 0 Å². The third-order valence-electron chi connectivity index (χ3n) is 2.74. The van der Waals surface area contributed by atoms with E-state index < -0.39 is 11.7 Å². The Morgan fingerprint density at radius 2 is 1.95 bits per heavy atom. The SMILES string of the molecule is CCNc1ccccc1C(=O)Nc1c(F)cccc1Cl. The number of benzene rings is 2. The van der Waals surface area contributed by atoms with Crippen LogP contribution in [-0.4, -0.2) is 12.5 Å². The van der Waals surface area contributed by atoms with Gasteiger partial charge >= 0.3 is 0 Å². The molecule has 2 rings (SSSR count). The summed E-state index contributed by atoms with van der Waals surface area (Å²) in [6.07, 6.45) is 0. The van der Waals surface area contributed by atoms with Crippen molar-refractivity contribution in [2.75, 3.05) is 17.2 Å². The number of amides is 1. The van der Waals surface area contributed by atoms with Crippen LogP contribution in [-0.2, 0) is 0 Å². The fourth-order valence-corrected chi connectivity index (χ4v) is 2.03. The number of hydrogen-bond acceptors (Lipinski definition) is 2. The highest BCUT2D eigenvalue weighted by Gasteiger charge is 2.14. The lowest BCUT2D eigenvalue weighted by Gasteiger charge is -2.12. The molecule has 0 fully saturated rings. The molecule has 20 heavy (non-hydrogen) atoms. The molecule has 0 heterocycles. The molecule has 0 aliphatic heterocycles. The summed E-state index contributed by atoms with van der Waals surface area (Å²) in [5.74, 6) is -0.972. The van der Waals surface area contributed by atoms with Crippen molar-refractivity contribution in [3.63, 3.8) is 0 Å². The number of hydrogen-bond donors (Lipinski definition) is 2. The number of halogens is 2. The highest BCUT2D eigenvalue weighted by atomic mass is 35.5. The molecule has 0 aliphatic carbocycles. The van der Waals surface area contributed by atoms with Crippen LogP contribution in [0.1, 0.15) is 17.3 Å². The lowest BCUT2D eigenvalue weighted by molar-refractivity contribution is 0.102. The molecular weight excluding hydrogens is 279 g/mol.